The molecule has 1 aromatic heterocycles. The predicted octanol–water partition coefficient (Wildman–Crippen LogP) is 2.96. The molecule has 3 aromatic rings. The number of nitrogens with one attached hydrogen (secondary N) is 2. The van der Waals surface area contributed by atoms with Gasteiger partial charge in [0, 0.05) is 10.9 Å². The fraction of sp³-hybridized carbons (Fsp3) is 0.111. The maximum atomic E-state index is 13.6. The Morgan fingerprint density at radius 2 is 1.80 bits per heavy atom. The van der Waals surface area contributed by atoms with Crippen LogP contribution in [0.4, 0.5) is 4.39 Å². The number of halogens is 1. The Labute approximate surface area is 142 Å². The van der Waals surface area contributed by atoms with Gasteiger partial charge < -0.3 is 9.15 Å². The van der Waals surface area contributed by atoms with E-state index >= 15 is 0 Å². The van der Waals surface area contributed by atoms with Crippen LogP contribution in [-0.4, -0.2) is 18.9 Å². The molecule has 7 heteroatoms. The smallest absolute Gasteiger partial charge is 0.305 e. The number of ether oxygens (including phenoxy) is 1. The molecule has 2 N–H and O–H groups in total. The molecule has 2 amide bonds. The van der Waals surface area contributed by atoms with Crippen LogP contribution >= 0.6 is 0 Å². The van der Waals surface area contributed by atoms with Crippen LogP contribution in [0.5, 0.6) is 5.75 Å². The summed E-state index contributed by atoms with van der Waals surface area (Å²) in [4.78, 5) is 24.2. The first-order chi connectivity index (χ1) is 12.0. The van der Waals surface area contributed by atoms with Crippen molar-refractivity contribution in [3.8, 4) is 5.75 Å². The van der Waals surface area contributed by atoms with Crippen molar-refractivity contribution in [1.29, 1.82) is 0 Å². The minimum atomic E-state index is -0.762. The fourth-order valence-electron chi connectivity index (χ4n) is 2.43. The number of methoxy groups -OCH3 is 1. The lowest BCUT2D eigenvalue weighted by Crippen LogP contribution is -2.42. The molecule has 0 saturated carbocycles. The van der Waals surface area contributed by atoms with Crippen molar-refractivity contribution >= 4 is 22.8 Å². The van der Waals surface area contributed by atoms with Gasteiger partial charge in [0.2, 0.25) is 0 Å². The molecule has 0 fully saturated rings. The van der Waals surface area contributed by atoms with Gasteiger partial charge in [-0.3, -0.25) is 20.4 Å². The van der Waals surface area contributed by atoms with Gasteiger partial charge in [0.05, 0.1) is 12.7 Å². The number of amides is 2. The summed E-state index contributed by atoms with van der Waals surface area (Å²) in [6.07, 6.45) is 0. The molecule has 0 aliphatic heterocycles. The Bertz CT molecular complexity index is 965. The van der Waals surface area contributed by atoms with Crippen molar-refractivity contribution in [1.82, 2.24) is 10.9 Å². The highest BCUT2D eigenvalue weighted by atomic mass is 19.1. The Balaban J connectivity index is 1.77. The Hall–Kier alpha value is -3.35. The number of benzene rings is 2. The number of fused-ring (bicyclic) bond motifs is 1. The number of furan rings is 1. The Morgan fingerprint density at radius 1 is 1.08 bits per heavy atom. The van der Waals surface area contributed by atoms with Crippen LogP contribution in [0.15, 0.2) is 46.9 Å². The standard InChI is InChI=1S/C18H15FN2O4/c1-10-13-9-11(24-2)7-8-15(13)25-16(10)18(23)21-20-17(22)12-5-3-4-6-14(12)19/h3-9H,1-2H3,(H,20,22)(H,21,23). The van der Waals surface area contributed by atoms with Gasteiger partial charge in [0.1, 0.15) is 17.1 Å². The maximum Gasteiger partial charge on any atom is 0.305 e. The number of carbonyl (C=O) groups is 2. The fourth-order valence-corrected chi connectivity index (χ4v) is 2.43. The van der Waals surface area contributed by atoms with Gasteiger partial charge in [0.25, 0.3) is 5.91 Å². The van der Waals surface area contributed by atoms with Gasteiger partial charge in [-0.1, -0.05) is 12.1 Å². The molecule has 0 radical (unpaired) electrons. The van der Waals surface area contributed by atoms with Crippen molar-refractivity contribution in [2.45, 2.75) is 6.92 Å². The third kappa shape index (κ3) is 3.16. The van der Waals surface area contributed by atoms with Crippen molar-refractivity contribution in [3.05, 3.63) is 65.2 Å². The van der Waals surface area contributed by atoms with E-state index in [0.29, 0.717) is 16.9 Å². The van der Waals surface area contributed by atoms with Crippen LogP contribution in [0, 0.1) is 12.7 Å². The summed E-state index contributed by atoms with van der Waals surface area (Å²) in [5.41, 5.74) is 5.34. The van der Waals surface area contributed by atoms with Crippen molar-refractivity contribution < 1.29 is 23.1 Å². The first kappa shape index (κ1) is 16.5. The second kappa shape index (κ2) is 6.64. The highest BCUT2D eigenvalue weighted by Gasteiger charge is 2.19. The van der Waals surface area contributed by atoms with Gasteiger partial charge in [-0.05, 0) is 37.3 Å². The zero-order valence-corrected chi connectivity index (χ0v) is 13.6. The summed E-state index contributed by atoms with van der Waals surface area (Å²) in [5, 5.41) is 0.727. The molecule has 0 spiro atoms. The van der Waals surface area contributed by atoms with Gasteiger partial charge in [0.15, 0.2) is 5.76 Å². The summed E-state index contributed by atoms with van der Waals surface area (Å²) in [6.45, 7) is 1.72. The third-order valence-corrected chi connectivity index (χ3v) is 3.76. The molecule has 0 bridgehead atoms. The van der Waals surface area contributed by atoms with E-state index in [9.17, 15) is 14.0 Å². The van der Waals surface area contributed by atoms with Gasteiger partial charge in [-0.25, -0.2) is 4.39 Å². The highest BCUT2D eigenvalue weighted by molar-refractivity contribution is 6.01. The Morgan fingerprint density at radius 3 is 2.52 bits per heavy atom. The summed E-state index contributed by atoms with van der Waals surface area (Å²) >= 11 is 0. The normalized spacial score (nSPS) is 10.5. The highest BCUT2D eigenvalue weighted by Crippen LogP contribution is 2.28. The summed E-state index contributed by atoms with van der Waals surface area (Å²) in [5.74, 6) is -1.39. The lowest BCUT2D eigenvalue weighted by molar-refractivity contribution is 0.0829. The van der Waals surface area contributed by atoms with E-state index < -0.39 is 17.6 Å². The lowest BCUT2D eigenvalue weighted by atomic mass is 10.1. The van der Waals surface area contributed by atoms with Gasteiger partial charge in [-0.2, -0.15) is 0 Å². The molecule has 0 unspecified atom stereocenters. The molecule has 1 heterocycles. The van der Waals surface area contributed by atoms with E-state index in [1.54, 1.807) is 32.2 Å². The van der Waals surface area contributed by atoms with E-state index in [0.717, 1.165) is 11.5 Å². The molecule has 0 aliphatic rings. The van der Waals surface area contributed by atoms with Crippen LogP contribution < -0.4 is 15.6 Å². The average molecular weight is 342 g/mol. The van der Waals surface area contributed by atoms with E-state index in [-0.39, 0.29) is 11.3 Å². The van der Waals surface area contributed by atoms with Crippen LogP contribution in [0.3, 0.4) is 0 Å². The van der Waals surface area contributed by atoms with Crippen LogP contribution in [0.25, 0.3) is 11.0 Å². The number of rotatable bonds is 3. The second-order valence-corrected chi connectivity index (χ2v) is 5.31. The molecule has 6 nitrogen and oxygen atoms in total. The van der Waals surface area contributed by atoms with E-state index in [2.05, 4.69) is 10.9 Å². The average Bonchev–Trinajstić information content (AvgIpc) is 2.96. The number of hydrogen-bond donors (Lipinski definition) is 2. The first-order valence-electron chi connectivity index (χ1n) is 7.43. The zero-order chi connectivity index (χ0) is 18.0. The largest absolute Gasteiger partial charge is 0.497 e. The molecular weight excluding hydrogens is 327 g/mol. The number of hydrazine groups is 1. The molecule has 128 valence electrons. The lowest BCUT2D eigenvalue weighted by Gasteiger charge is -2.07. The molecule has 0 atom stereocenters. The maximum absolute atomic E-state index is 13.6. The molecule has 0 aliphatic carbocycles. The monoisotopic (exact) mass is 342 g/mol. The van der Waals surface area contributed by atoms with Crippen LogP contribution in [0.2, 0.25) is 0 Å². The quantitative estimate of drug-likeness (QED) is 0.717. The molecule has 3 rings (SSSR count). The summed E-state index contributed by atoms with van der Waals surface area (Å²) < 4.78 is 24.2. The minimum absolute atomic E-state index is 0.0529. The van der Waals surface area contributed by atoms with Crippen LogP contribution in [0.1, 0.15) is 26.5 Å². The zero-order valence-electron chi connectivity index (χ0n) is 13.6. The van der Waals surface area contributed by atoms with E-state index in [4.69, 9.17) is 9.15 Å². The van der Waals surface area contributed by atoms with Crippen LogP contribution in [-0.2, 0) is 0 Å². The Kier molecular flexibility index (Phi) is 4.38. The van der Waals surface area contributed by atoms with E-state index in [1.807, 2.05) is 0 Å². The molecule has 0 saturated heterocycles. The van der Waals surface area contributed by atoms with E-state index in [1.165, 1.54) is 18.2 Å². The number of carbonyl (C=O) groups excluding carboxylic acids is 2. The molecule has 2 aromatic carbocycles. The SMILES string of the molecule is COc1ccc2oc(C(=O)NNC(=O)c3ccccc3F)c(C)c2c1. The topological polar surface area (TPSA) is 80.6 Å². The number of hydrogen-bond acceptors (Lipinski definition) is 4. The third-order valence-electron chi connectivity index (χ3n) is 3.76. The first-order valence-corrected chi connectivity index (χ1v) is 7.43. The van der Waals surface area contributed by atoms with Crippen molar-refractivity contribution in [3.63, 3.8) is 0 Å². The molecule has 25 heavy (non-hydrogen) atoms. The van der Waals surface area contributed by atoms with Crippen molar-refractivity contribution in [2.75, 3.05) is 7.11 Å². The van der Waals surface area contributed by atoms with Crippen molar-refractivity contribution in [2.24, 2.45) is 0 Å². The van der Waals surface area contributed by atoms with Gasteiger partial charge >= 0.3 is 5.91 Å². The summed E-state index contributed by atoms with van der Waals surface area (Å²) in [6, 6.07) is 10.6. The minimum Gasteiger partial charge on any atom is -0.497 e. The predicted molar refractivity (Wildman–Crippen MR) is 88.8 cm³/mol. The number of aryl methyl sites for hydroxylation is 1. The summed E-state index contributed by atoms with van der Waals surface area (Å²) in [7, 11) is 1.54. The molecular formula is C18H15FN2O4. The van der Waals surface area contributed by atoms with Gasteiger partial charge in [-0.15, -0.1) is 0 Å². The second-order valence-electron chi connectivity index (χ2n) is 5.31.